The van der Waals surface area contributed by atoms with Gasteiger partial charge in [-0.2, -0.15) is 5.01 Å². The highest BCUT2D eigenvalue weighted by Crippen LogP contribution is 2.31. The van der Waals surface area contributed by atoms with E-state index in [1.165, 1.54) is 0 Å². The van der Waals surface area contributed by atoms with Crippen LogP contribution in [0.15, 0.2) is 30.3 Å². The molecule has 2 aliphatic rings. The number of urea groups is 1. The first kappa shape index (κ1) is 24.7. The zero-order chi connectivity index (χ0) is 24.0. The number of piperidine rings is 1. The number of amides is 5. The summed E-state index contributed by atoms with van der Waals surface area (Å²) >= 11 is 0. The Morgan fingerprint density at radius 2 is 1.88 bits per heavy atom. The highest BCUT2D eigenvalue weighted by Gasteiger charge is 2.52. The molecule has 0 aliphatic carbocycles. The van der Waals surface area contributed by atoms with Gasteiger partial charge in [-0.15, -0.1) is 0 Å². The van der Waals surface area contributed by atoms with Gasteiger partial charge in [0.2, 0.25) is 5.91 Å². The van der Waals surface area contributed by atoms with E-state index in [-0.39, 0.29) is 24.4 Å². The zero-order valence-electron chi connectivity index (χ0n) is 19.7. The number of nitrogens with one attached hydrogen (secondary N) is 3. The number of rotatable bonds is 9. The Hall–Kier alpha value is -2.94. The molecule has 3 atom stereocenters. The molecule has 2 fully saturated rings. The van der Waals surface area contributed by atoms with Crippen molar-refractivity contribution >= 4 is 23.8 Å². The molecule has 1 aromatic rings. The molecule has 2 saturated heterocycles. The second kappa shape index (κ2) is 10.8. The fourth-order valence-electron chi connectivity index (χ4n) is 4.53. The summed E-state index contributed by atoms with van der Waals surface area (Å²) < 4.78 is 0. The van der Waals surface area contributed by atoms with Crippen molar-refractivity contribution in [1.29, 1.82) is 0 Å². The maximum atomic E-state index is 13.2. The average Bonchev–Trinajstić information content (AvgIpc) is 3.06. The predicted molar refractivity (Wildman–Crippen MR) is 124 cm³/mol. The summed E-state index contributed by atoms with van der Waals surface area (Å²) in [4.78, 5) is 53.0. The molecule has 180 valence electrons. The first-order chi connectivity index (χ1) is 15.8. The SMILES string of the molecule is CCCCNC(=O)C1CCC(C)N(CC(=O)NN2C(=O)NC(CC)(c3ccccc3)C2=O)C1. The molecule has 0 spiro atoms. The fourth-order valence-corrected chi connectivity index (χ4v) is 4.53. The van der Waals surface area contributed by atoms with E-state index in [0.717, 1.165) is 30.7 Å². The molecule has 3 unspecified atom stereocenters. The van der Waals surface area contributed by atoms with Gasteiger partial charge >= 0.3 is 6.03 Å². The van der Waals surface area contributed by atoms with E-state index in [0.29, 0.717) is 25.1 Å². The van der Waals surface area contributed by atoms with Gasteiger partial charge < -0.3 is 10.6 Å². The third-order valence-corrected chi connectivity index (χ3v) is 6.68. The van der Waals surface area contributed by atoms with E-state index in [4.69, 9.17) is 0 Å². The molecule has 9 heteroatoms. The van der Waals surface area contributed by atoms with Crippen LogP contribution in [0.4, 0.5) is 4.79 Å². The molecule has 5 amide bonds. The summed E-state index contributed by atoms with van der Waals surface area (Å²) in [7, 11) is 0. The maximum Gasteiger partial charge on any atom is 0.344 e. The monoisotopic (exact) mass is 457 g/mol. The lowest BCUT2D eigenvalue weighted by Gasteiger charge is -2.37. The van der Waals surface area contributed by atoms with Gasteiger partial charge in [0.1, 0.15) is 5.54 Å². The van der Waals surface area contributed by atoms with E-state index < -0.39 is 23.4 Å². The second-order valence-corrected chi connectivity index (χ2v) is 8.93. The van der Waals surface area contributed by atoms with E-state index in [1.807, 2.05) is 24.8 Å². The van der Waals surface area contributed by atoms with Gasteiger partial charge in [0, 0.05) is 19.1 Å². The molecule has 0 bridgehead atoms. The molecular weight excluding hydrogens is 422 g/mol. The molecular formula is C24H35N5O4. The zero-order valence-corrected chi connectivity index (χ0v) is 19.7. The van der Waals surface area contributed by atoms with Crippen molar-refractivity contribution in [2.45, 2.75) is 64.5 Å². The first-order valence-corrected chi connectivity index (χ1v) is 11.9. The standard InChI is InChI=1S/C24H35N5O4/c1-4-6-14-25-21(31)18-13-12-17(3)28(15-18)16-20(30)27-29-22(32)24(5-2,26-23(29)33)19-10-8-7-9-11-19/h7-11,17-18H,4-6,12-16H2,1-3H3,(H,25,31)(H,26,33)(H,27,30). The number of likely N-dealkylation sites (tertiary alicyclic amines) is 1. The molecule has 2 aliphatic heterocycles. The van der Waals surface area contributed by atoms with Crippen molar-refractivity contribution < 1.29 is 19.2 Å². The van der Waals surface area contributed by atoms with E-state index in [1.54, 1.807) is 24.3 Å². The smallest absolute Gasteiger partial charge is 0.344 e. The van der Waals surface area contributed by atoms with Gasteiger partial charge in [-0.05, 0) is 38.2 Å². The Morgan fingerprint density at radius 1 is 1.15 bits per heavy atom. The topological polar surface area (TPSA) is 111 Å². The molecule has 33 heavy (non-hydrogen) atoms. The van der Waals surface area contributed by atoms with Gasteiger partial charge in [0.15, 0.2) is 0 Å². The van der Waals surface area contributed by atoms with Crippen LogP contribution in [0, 0.1) is 5.92 Å². The van der Waals surface area contributed by atoms with Gasteiger partial charge in [0.25, 0.3) is 11.8 Å². The number of unbranched alkanes of at least 4 members (excludes halogenated alkanes) is 1. The fraction of sp³-hybridized carbons (Fsp3) is 0.583. The number of carbonyl (C=O) groups is 4. The quantitative estimate of drug-likeness (QED) is 0.387. The molecule has 0 aromatic heterocycles. The Morgan fingerprint density at radius 3 is 2.55 bits per heavy atom. The van der Waals surface area contributed by atoms with Crippen LogP contribution in [-0.4, -0.2) is 59.3 Å². The Bertz CT molecular complexity index is 877. The van der Waals surface area contributed by atoms with Crippen LogP contribution in [0.5, 0.6) is 0 Å². The van der Waals surface area contributed by atoms with Crippen molar-refractivity contribution in [2.75, 3.05) is 19.6 Å². The minimum atomic E-state index is -1.20. The lowest BCUT2D eigenvalue weighted by atomic mass is 9.87. The number of benzene rings is 1. The summed E-state index contributed by atoms with van der Waals surface area (Å²) in [6, 6.07) is 8.49. The molecule has 3 N–H and O–H groups in total. The largest absolute Gasteiger partial charge is 0.356 e. The van der Waals surface area contributed by atoms with Gasteiger partial charge in [-0.1, -0.05) is 50.6 Å². The van der Waals surface area contributed by atoms with Crippen LogP contribution in [-0.2, 0) is 19.9 Å². The molecule has 1 aromatic carbocycles. The minimum absolute atomic E-state index is 0.00142. The molecule has 9 nitrogen and oxygen atoms in total. The van der Waals surface area contributed by atoms with Crippen LogP contribution in [0.25, 0.3) is 0 Å². The van der Waals surface area contributed by atoms with Crippen molar-refractivity contribution in [3.05, 3.63) is 35.9 Å². The van der Waals surface area contributed by atoms with Crippen LogP contribution in [0.3, 0.4) is 0 Å². The van der Waals surface area contributed by atoms with Crippen molar-refractivity contribution in [3.63, 3.8) is 0 Å². The Balaban J connectivity index is 1.62. The van der Waals surface area contributed by atoms with E-state index in [9.17, 15) is 19.2 Å². The van der Waals surface area contributed by atoms with Gasteiger partial charge in [0.05, 0.1) is 12.5 Å². The number of hydrogen-bond donors (Lipinski definition) is 3. The highest BCUT2D eigenvalue weighted by molar-refractivity contribution is 6.08. The van der Waals surface area contributed by atoms with Crippen molar-refractivity contribution in [1.82, 2.24) is 26.0 Å². The van der Waals surface area contributed by atoms with Crippen LogP contribution >= 0.6 is 0 Å². The van der Waals surface area contributed by atoms with Crippen molar-refractivity contribution in [2.24, 2.45) is 5.92 Å². The van der Waals surface area contributed by atoms with Gasteiger partial charge in [-0.3, -0.25) is 24.7 Å². The number of nitrogens with zero attached hydrogens (tertiary/aromatic N) is 2. The summed E-state index contributed by atoms with van der Waals surface area (Å²) in [5.74, 6) is -1.12. The Labute approximate surface area is 195 Å². The number of hydrogen-bond acceptors (Lipinski definition) is 5. The second-order valence-electron chi connectivity index (χ2n) is 8.93. The van der Waals surface area contributed by atoms with E-state index in [2.05, 4.69) is 23.0 Å². The molecule has 0 saturated carbocycles. The number of carbonyl (C=O) groups excluding carboxylic acids is 4. The maximum absolute atomic E-state index is 13.2. The Kier molecular flexibility index (Phi) is 8.07. The highest BCUT2D eigenvalue weighted by atomic mass is 16.2. The van der Waals surface area contributed by atoms with Crippen LogP contribution in [0.1, 0.15) is 58.4 Å². The third kappa shape index (κ3) is 5.35. The molecule has 2 heterocycles. The van der Waals surface area contributed by atoms with Gasteiger partial charge in [-0.25, -0.2) is 4.79 Å². The number of hydrazine groups is 1. The van der Waals surface area contributed by atoms with Crippen LogP contribution < -0.4 is 16.1 Å². The van der Waals surface area contributed by atoms with Crippen molar-refractivity contribution in [3.8, 4) is 0 Å². The third-order valence-electron chi connectivity index (χ3n) is 6.68. The predicted octanol–water partition coefficient (Wildman–Crippen LogP) is 1.89. The summed E-state index contributed by atoms with van der Waals surface area (Å²) in [5, 5.41) is 6.51. The van der Waals surface area contributed by atoms with E-state index >= 15 is 0 Å². The molecule has 0 radical (unpaired) electrons. The number of imide groups is 1. The minimum Gasteiger partial charge on any atom is -0.356 e. The molecule has 3 rings (SSSR count). The summed E-state index contributed by atoms with van der Waals surface area (Å²) in [5.41, 5.74) is 1.95. The lowest BCUT2D eigenvalue weighted by Crippen LogP contribution is -2.54. The lowest BCUT2D eigenvalue weighted by molar-refractivity contribution is -0.140. The summed E-state index contributed by atoms with van der Waals surface area (Å²) in [6.07, 6.45) is 3.89. The van der Waals surface area contributed by atoms with Crippen LogP contribution in [0.2, 0.25) is 0 Å². The summed E-state index contributed by atoms with van der Waals surface area (Å²) in [6.45, 7) is 7.04. The normalized spacial score (nSPS) is 25.6. The first-order valence-electron chi connectivity index (χ1n) is 11.9. The average molecular weight is 458 g/mol.